The number of urea groups is 1. The summed E-state index contributed by atoms with van der Waals surface area (Å²) in [5.74, 6) is -0.210. The number of amides is 3. The van der Waals surface area contributed by atoms with Crippen LogP contribution < -0.4 is 4.90 Å². The molecule has 0 aliphatic carbocycles. The van der Waals surface area contributed by atoms with E-state index in [-0.39, 0.29) is 18.5 Å². The van der Waals surface area contributed by atoms with Gasteiger partial charge in [-0.1, -0.05) is 42.8 Å². The Hall–Kier alpha value is -2.53. The van der Waals surface area contributed by atoms with Crippen LogP contribution in [0.1, 0.15) is 36.1 Å². The Balaban J connectivity index is 1.51. The zero-order valence-electron chi connectivity index (χ0n) is 19.2. The van der Waals surface area contributed by atoms with Crippen LogP contribution in [0.5, 0.6) is 0 Å². The smallest absolute Gasteiger partial charge is 0.331 e. The first-order valence-corrected chi connectivity index (χ1v) is 11.9. The van der Waals surface area contributed by atoms with Gasteiger partial charge in [-0.15, -0.1) is 0 Å². The minimum Gasteiger partial charge on any atom is -0.394 e. The quantitative estimate of drug-likeness (QED) is 0.421. The Bertz CT molecular complexity index is 1080. The number of hydrogen-bond donors (Lipinski definition) is 4. The first kappa shape index (κ1) is 25.6. The molecular weight excluding hydrogens is 476 g/mol. The van der Waals surface area contributed by atoms with E-state index >= 15 is 0 Å². The van der Waals surface area contributed by atoms with Gasteiger partial charge in [-0.05, 0) is 47.7 Å². The molecule has 2 fully saturated rings. The number of carbonyl (C=O) groups is 2. The number of hydrogen-bond acceptors (Lipinski definition) is 7. The topological polar surface area (TPSA) is 131 Å². The monoisotopic (exact) mass is 504 g/mol. The highest BCUT2D eigenvalue weighted by molar-refractivity contribution is 6.31. The molecule has 2 aliphatic heterocycles. The molecule has 5 atom stereocenters. The normalized spacial score (nSPS) is 27.1. The molecule has 2 aromatic rings. The zero-order valence-corrected chi connectivity index (χ0v) is 20.0. The first-order valence-electron chi connectivity index (χ1n) is 11.5. The van der Waals surface area contributed by atoms with Crippen molar-refractivity contribution in [2.75, 3.05) is 24.6 Å². The minimum absolute atomic E-state index is 0.0190. The fraction of sp³-hybridized carbons (Fsp3) is 0.440. The van der Waals surface area contributed by atoms with E-state index in [9.17, 15) is 30.0 Å². The number of rotatable bonds is 7. The molecule has 2 saturated heterocycles. The average Bonchev–Trinajstić information content (AvgIpc) is 3.13. The second kappa shape index (κ2) is 10.6. The van der Waals surface area contributed by atoms with Crippen molar-refractivity contribution in [1.29, 1.82) is 0 Å². The Labute approximate surface area is 208 Å². The second-order valence-corrected chi connectivity index (χ2v) is 9.26. The summed E-state index contributed by atoms with van der Waals surface area (Å²) in [6.07, 6.45) is -5.08. The molecule has 188 valence electrons. The molecule has 3 amide bonds. The Morgan fingerprint density at radius 3 is 2.40 bits per heavy atom. The number of aliphatic hydroxyl groups is 4. The maximum atomic E-state index is 12.6. The van der Waals surface area contributed by atoms with Gasteiger partial charge in [0.1, 0.15) is 37.1 Å². The van der Waals surface area contributed by atoms with E-state index in [2.05, 4.69) is 0 Å². The third kappa shape index (κ3) is 5.06. The summed E-state index contributed by atoms with van der Waals surface area (Å²) in [6, 6.07) is 12.0. The SMILES string of the molecule is CCCN1C(=O)CN(c2ccc(Cc3cc([C@@H]4O[C@H](CO)[C@@H](O)[C@H](O)[C@@H]4O)ccc3Cl)cc2)C1=O. The lowest BCUT2D eigenvalue weighted by Gasteiger charge is -2.40. The fourth-order valence-electron chi connectivity index (χ4n) is 4.48. The molecule has 0 aromatic heterocycles. The summed E-state index contributed by atoms with van der Waals surface area (Å²) in [5, 5.41) is 40.5. The van der Waals surface area contributed by atoms with E-state index in [1.54, 1.807) is 30.3 Å². The van der Waals surface area contributed by atoms with Gasteiger partial charge in [0, 0.05) is 17.3 Å². The van der Waals surface area contributed by atoms with Crippen LogP contribution in [0.4, 0.5) is 10.5 Å². The van der Waals surface area contributed by atoms with E-state index in [4.69, 9.17) is 16.3 Å². The van der Waals surface area contributed by atoms with Crippen molar-refractivity contribution in [2.24, 2.45) is 0 Å². The van der Waals surface area contributed by atoms with Gasteiger partial charge in [-0.2, -0.15) is 0 Å². The van der Waals surface area contributed by atoms with Crippen LogP contribution in [0.3, 0.4) is 0 Å². The van der Waals surface area contributed by atoms with Gasteiger partial charge in [0.05, 0.1) is 6.61 Å². The molecule has 35 heavy (non-hydrogen) atoms. The molecular formula is C25H29ClN2O7. The summed E-state index contributed by atoms with van der Waals surface area (Å²) < 4.78 is 5.66. The number of carbonyl (C=O) groups excluding carboxylic acids is 2. The highest BCUT2D eigenvalue weighted by atomic mass is 35.5. The predicted molar refractivity (Wildman–Crippen MR) is 128 cm³/mol. The average molecular weight is 505 g/mol. The summed E-state index contributed by atoms with van der Waals surface area (Å²) in [7, 11) is 0. The zero-order chi connectivity index (χ0) is 25.3. The third-order valence-corrected chi connectivity index (χ3v) is 6.81. The molecule has 2 aliphatic rings. The number of benzene rings is 2. The maximum Gasteiger partial charge on any atom is 0.331 e. The molecule has 4 rings (SSSR count). The molecule has 4 N–H and O–H groups in total. The van der Waals surface area contributed by atoms with Crippen LogP contribution in [0.25, 0.3) is 0 Å². The Morgan fingerprint density at radius 2 is 1.74 bits per heavy atom. The first-order chi connectivity index (χ1) is 16.7. The van der Waals surface area contributed by atoms with E-state index in [1.165, 1.54) is 9.80 Å². The minimum atomic E-state index is -1.47. The van der Waals surface area contributed by atoms with Gasteiger partial charge in [-0.25, -0.2) is 4.79 Å². The number of anilines is 1. The van der Waals surface area contributed by atoms with Crippen molar-refractivity contribution < 1.29 is 34.8 Å². The van der Waals surface area contributed by atoms with Gasteiger partial charge in [0.15, 0.2) is 0 Å². The Kier molecular flexibility index (Phi) is 7.75. The van der Waals surface area contributed by atoms with Crippen LogP contribution in [-0.2, 0) is 16.0 Å². The van der Waals surface area contributed by atoms with E-state index in [0.29, 0.717) is 35.7 Å². The van der Waals surface area contributed by atoms with Crippen molar-refractivity contribution >= 4 is 29.2 Å². The molecule has 0 saturated carbocycles. The van der Waals surface area contributed by atoms with Crippen LogP contribution in [-0.4, -0.2) is 81.4 Å². The lowest BCUT2D eigenvalue weighted by Crippen LogP contribution is -2.55. The summed E-state index contributed by atoms with van der Waals surface area (Å²) in [5.41, 5.74) is 2.84. The molecule has 9 nitrogen and oxygen atoms in total. The fourth-order valence-corrected chi connectivity index (χ4v) is 4.67. The number of aliphatic hydroxyl groups excluding tert-OH is 4. The maximum absolute atomic E-state index is 12.6. The van der Waals surface area contributed by atoms with Crippen LogP contribution in [0, 0.1) is 0 Å². The highest BCUT2D eigenvalue weighted by Crippen LogP contribution is 2.34. The van der Waals surface area contributed by atoms with Crippen LogP contribution >= 0.6 is 11.6 Å². The molecule has 2 heterocycles. The van der Waals surface area contributed by atoms with Crippen molar-refractivity contribution in [1.82, 2.24) is 4.90 Å². The molecule has 2 aromatic carbocycles. The lowest BCUT2D eigenvalue weighted by atomic mass is 9.90. The summed E-state index contributed by atoms with van der Waals surface area (Å²) in [4.78, 5) is 27.4. The van der Waals surface area contributed by atoms with E-state index < -0.39 is 37.1 Å². The standard InChI is InChI=1S/C25H29ClN2O7/c1-2-9-27-20(30)12-28(25(27)34)17-6-3-14(4-7-17)10-16-11-15(5-8-18(16)26)24-23(33)22(32)21(31)19(13-29)35-24/h3-8,11,19,21-24,29,31-33H,2,9-10,12-13H2,1H3/t19-,21-,22+,23+,24+/m1/s1. The van der Waals surface area contributed by atoms with E-state index in [0.717, 1.165) is 11.1 Å². The van der Waals surface area contributed by atoms with Gasteiger partial charge in [-0.3, -0.25) is 14.6 Å². The van der Waals surface area contributed by atoms with Gasteiger partial charge >= 0.3 is 6.03 Å². The van der Waals surface area contributed by atoms with Crippen LogP contribution in [0.2, 0.25) is 5.02 Å². The number of halogens is 1. The number of imide groups is 1. The predicted octanol–water partition coefficient (Wildman–Crippen LogP) is 1.62. The van der Waals surface area contributed by atoms with Crippen LogP contribution in [0.15, 0.2) is 42.5 Å². The number of ether oxygens (including phenoxy) is 1. The van der Waals surface area contributed by atoms with Gasteiger partial charge in [0.25, 0.3) is 5.91 Å². The van der Waals surface area contributed by atoms with Gasteiger partial charge in [0.2, 0.25) is 0 Å². The highest BCUT2D eigenvalue weighted by Gasteiger charge is 2.44. The largest absolute Gasteiger partial charge is 0.394 e. The van der Waals surface area contributed by atoms with Crippen molar-refractivity contribution in [3.8, 4) is 0 Å². The third-order valence-electron chi connectivity index (χ3n) is 6.44. The number of nitrogens with zero attached hydrogens (tertiary/aromatic N) is 2. The van der Waals surface area contributed by atoms with Gasteiger partial charge < -0.3 is 25.2 Å². The Morgan fingerprint density at radius 1 is 1.03 bits per heavy atom. The van der Waals surface area contributed by atoms with Crippen molar-refractivity contribution in [2.45, 2.75) is 50.3 Å². The van der Waals surface area contributed by atoms with Crippen molar-refractivity contribution in [3.05, 3.63) is 64.2 Å². The molecule has 0 unspecified atom stereocenters. The van der Waals surface area contributed by atoms with Crippen molar-refractivity contribution in [3.63, 3.8) is 0 Å². The molecule has 10 heteroatoms. The molecule has 0 spiro atoms. The second-order valence-electron chi connectivity index (χ2n) is 8.86. The lowest BCUT2D eigenvalue weighted by molar-refractivity contribution is -0.231. The molecule has 0 radical (unpaired) electrons. The summed E-state index contributed by atoms with van der Waals surface area (Å²) >= 11 is 6.42. The van der Waals surface area contributed by atoms with E-state index in [1.807, 2.05) is 19.1 Å². The summed E-state index contributed by atoms with van der Waals surface area (Å²) in [6.45, 7) is 1.83. The molecule has 0 bridgehead atoms.